The van der Waals surface area contributed by atoms with E-state index in [4.69, 9.17) is 24.2 Å². The molecule has 0 aromatic heterocycles. The minimum atomic E-state index is -0.658. The molecule has 0 aliphatic heterocycles. The molecular weight excluding hydrogens is 238 g/mol. The zero-order valence-electron chi connectivity index (χ0n) is 10.4. The Morgan fingerprint density at radius 3 is 2.17 bits per heavy atom. The standard InChI is InChI=1S/C12H13NO5/c1-15-9-7-11(17-3)10(16-2)6-8(9)12(14)18-5-4-13/h6-7H,5H2,1-3H3. The van der Waals surface area contributed by atoms with Gasteiger partial charge in [-0.05, 0) is 0 Å². The molecule has 0 atom stereocenters. The summed E-state index contributed by atoms with van der Waals surface area (Å²) in [5.41, 5.74) is 0.172. The van der Waals surface area contributed by atoms with Crippen LogP contribution in [0.5, 0.6) is 17.2 Å². The molecule has 0 saturated carbocycles. The van der Waals surface area contributed by atoms with Crippen molar-refractivity contribution in [3.05, 3.63) is 17.7 Å². The fourth-order valence-electron chi connectivity index (χ4n) is 1.36. The first kappa shape index (κ1) is 13.6. The number of esters is 1. The average Bonchev–Trinajstić information content (AvgIpc) is 2.42. The third kappa shape index (κ3) is 2.83. The normalized spacial score (nSPS) is 9.22. The molecule has 6 nitrogen and oxygen atoms in total. The molecule has 1 aromatic rings. The summed E-state index contributed by atoms with van der Waals surface area (Å²) in [4.78, 5) is 11.7. The van der Waals surface area contributed by atoms with E-state index in [2.05, 4.69) is 0 Å². The molecular formula is C12H13NO5. The van der Waals surface area contributed by atoms with Crippen molar-refractivity contribution in [3.63, 3.8) is 0 Å². The maximum atomic E-state index is 11.7. The number of methoxy groups -OCH3 is 3. The van der Waals surface area contributed by atoms with Crippen molar-refractivity contribution < 1.29 is 23.7 Å². The highest BCUT2D eigenvalue weighted by Crippen LogP contribution is 2.34. The first-order valence-corrected chi connectivity index (χ1v) is 5.02. The summed E-state index contributed by atoms with van der Waals surface area (Å²) in [6.07, 6.45) is 0. The van der Waals surface area contributed by atoms with Crippen molar-refractivity contribution in [3.8, 4) is 23.3 Å². The molecule has 0 heterocycles. The molecule has 1 rings (SSSR count). The predicted molar refractivity (Wildman–Crippen MR) is 62.0 cm³/mol. The van der Waals surface area contributed by atoms with Crippen LogP contribution in [0.25, 0.3) is 0 Å². The molecule has 0 amide bonds. The topological polar surface area (TPSA) is 77.8 Å². The lowest BCUT2D eigenvalue weighted by atomic mass is 10.1. The van der Waals surface area contributed by atoms with Crippen molar-refractivity contribution in [1.82, 2.24) is 0 Å². The lowest BCUT2D eigenvalue weighted by molar-refractivity contribution is 0.0551. The van der Waals surface area contributed by atoms with Crippen molar-refractivity contribution in [2.45, 2.75) is 0 Å². The van der Waals surface area contributed by atoms with Gasteiger partial charge in [0.15, 0.2) is 18.1 Å². The molecule has 0 N–H and O–H groups in total. The van der Waals surface area contributed by atoms with Crippen LogP contribution in [0, 0.1) is 11.3 Å². The largest absolute Gasteiger partial charge is 0.496 e. The van der Waals surface area contributed by atoms with Crippen molar-refractivity contribution in [2.24, 2.45) is 0 Å². The van der Waals surface area contributed by atoms with Gasteiger partial charge in [-0.3, -0.25) is 0 Å². The van der Waals surface area contributed by atoms with E-state index in [-0.39, 0.29) is 17.9 Å². The quantitative estimate of drug-likeness (QED) is 0.736. The summed E-state index contributed by atoms with van der Waals surface area (Å²) in [7, 11) is 4.35. The lowest BCUT2D eigenvalue weighted by Gasteiger charge is -2.12. The summed E-state index contributed by atoms with van der Waals surface area (Å²) in [5.74, 6) is 0.443. The molecule has 0 aliphatic carbocycles. The third-order valence-corrected chi connectivity index (χ3v) is 2.19. The van der Waals surface area contributed by atoms with Gasteiger partial charge in [0.25, 0.3) is 0 Å². The Morgan fingerprint density at radius 2 is 1.67 bits per heavy atom. The highest BCUT2D eigenvalue weighted by atomic mass is 16.5. The maximum Gasteiger partial charge on any atom is 0.343 e. The molecule has 0 unspecified atom stereocenters. The number of carbonyl (C=O) groups is 1. The van der Waals surface area contributed by atoms with Gasteiger partial charge in [0.1, 0.15) is 17.4 Å². The second-order valence-corrected chi connectivity index (χ2v) is 3.14. The zero-order valence-corrected chi connectivity index (χ0v) is 10.4. The Kier molecular flexibility index (Phi) is 4.81. The fraction of sp³-hybridized carbons (Fsp3) is 0.333. The Balaban J connectivity index is 3.17. The minimum Gasteiger partial charge on any atom is -0.496 e. The van der Waals surface area contributed by atoms with Crippen LogP contribution in [0.4, 0.5) is 0 Å². The highest BCUT2D eigenvalue weighted by Gasteiger charge is 2.18. The first-order valence-electron chi connectivity index (χ1n) is 5.02. The lowest BCUT2D eigenvalue weighted by Crippen LogP contribution is -2.08. The molecule has 1 aromatic carbocycles. The fourth-order valence-corrected chi connectivity index (χ4v) is 1.36. The van der Waals surface area contributed by atoms with Gasteiger partial charge < -0.3 is 18.9 Å². The summed E-state index contributed by atoms with van der Waals surface area (Å²) < 4.78 is 19.9. The van der Waals surface area contributed by atoms with Crippen LogP contribution < -0.4 is 14.2 Å². The molecule has 6 heteroatoms. The van der Waals surface area contributed by atoms with Crippen LogP contribution in [0.15, 0.2) is 12.1 Å². The number of hydrogen-bond donors (Lipinski definition) is 0. The van der Waals surface area contributed by atoms with Crippen LogP contribution in [0.3, 0.4) is 0 Å². The monoisotopic (exact) mass is 251 g/mol. The first-order chi connectivity index (χ1) is 8.67. The summed E-state index contributed by atoms with van der Waals surface area (Å²) in [6, 6.07) is 4.67. The third-order valence-electron chi connectivity index (χ3n) is 2.19. The van der Waals surface area contributed by atoms with Gasteiger partial charge in [0.05, 0.1) is 21.3 Å². The molecule has 0 fully saturated rings. The Hall–Kier alpha value is -2.42. The van der Waals surface area contributed by atoms with Crippen LogP contribution in [-0.2, 0) is 4.74 Å². The molecule has 0 radical (unpaired) electrons. The molecule has 18 heavy (non-hydrogen) atoms. The van der Waals surface area contributed by atoms with Gasteiger partial charge in [-0.25, -0.2) is 4.79 Å². The van der Waals surface area contributed by atoms with Gasteiger partial charge in [0, 0.05) is 12.1 Å². The van der Waals surface area contributed by atoms with E-state index in [1.807, 2.05) is 0 Å². The van der Waals surface area contributed by atoms with E-state index in [0.29, 0.717) is 11.5 Å². The van der Waals surface area contributed by atoms with Gasteiger partial charge in [-0.1, -0.05) is 0 Å². The van der Waals surface area contributed by atoms with E-state index in [1.165, 1.54) is 33.5 Å². The summed E-state index contributed by atoms with van der Waals surface area (Å²) >= 11 is 0. The van der Waals surface area contributed by atoms with Gasteiger partial charge in [0.2, 0.25) is 0 Å². The molecule has 0 bridgehead atoms. The maximum absolute atomic E-state index is 11.7. The smallest absolute Gasteiger partial charge is 0.343 e. The molecule has 96 valence electrons. The molecule has 0 saturated heterocycles. The molecule has 0 aliphatic rings. The number of ether oxygens (including phenoxy) is 4. The zero-order chi connectivity index (χ0) is 13.5. The number of benzene rings is 1. The van der Waals surface area contributed by atoms with Gasteiger partial charge >= 0.3 is 5.97 Å². The Morgan fingerprint density at radius 1 is 1.11 bits per heavy atom. The average molecular weight is 251 g/mol. The van der Waals surface area contributed by atoms with Crippen molar-refractivity contribution in [2.75, 3.05) is 27.9 Å². The van der Waals surface area contributed by atoms with E-state index < -0.39 is 5.97 Å². The van der Waals surface area contributed by atoms with Crippen LogP contribution in [0.2, 0.25) is 0 Å². The molecule has 0 spiro atoms. The Labute approximate surface area is 105 Å². The Bertz CT molecular complexity index is 478. The van der Waals surface area contributed by atoms with Gasteiger partial charge in [-0.2, -0.15) is 5.26 Å². The number of carbonyl (C=O) groups excluding carboxylic acids is 1. The second kappa shape index (κ2) is 6.35. The summed E-state index contributed by atoms with van der Waals surface area (Å²) in [5, 5.41) is 8.37. The van der Waals surface area contributed by atoms with E-state index in [0.717, 1.165) is 0 Å². The predicted octanol–water partition coefficient (Wildman–Crippen LogP) is 1.39. The number of hydrogen-bond acceptors (Lipinski definition) is 6. The van der Waals surface area contributed by atoms with Crippen LogP contribution in [0.1, 0.15) is 10.4 Å². The number of nitrogens with zero attached hydrogens (tertiary/aromatic N) is 1. The summed E-state index contributed by atoms with van der Waals surface area (Å²) in [6.45, 7) is -0.323. The van der Waals surface area contributed by atoms with Crippen molar-refractivity contribution in [1.29, 1.82) is 5.26 Å². The number of nitriles is 1. The van der Waals surface area contributed by atoms with Gasteiger partial charge in [-0.15, -0.1) is 0 Å². The van der Waals surface area contributed by atoms with Crippen LogP contribution in [-0.4, -0.2) is 33.9 Å². The highest BCUT2D eigenvalue weighted by molar-refractivity contribution is 5.93. The second-order valence-electron chi connectivity index (χ2n) is 3.14. The van der Waals surface area contributed by atoms with E-state index >= 15 is 0 Å². The number of rotatable bonds is 5. The van der Waals surface area contributed by atoms with Crippen LogP contribution >= 0.6 is 0 Å². The van der Waals surface area contributed by atoms with E-state index in [9.17, 15) is 4.79 Å². The SMILES string of the molecule is COc1cc(OC)c(C(=O)OCC#N)cc1OC. The van der Waals surface area contributed by atoms with Crippen molar-refractivity contribution >= 4 is 5.97 Å². The van der Waals surface area contributed by atoms with E-state index in [1.54, 1.807) is 6.07 Å². The minimum absolute atomic E-state index is 0.172.